The second-order valence-electron chi connectivity index (χ2n) is 4.72. The average Bonchev–Trinajstić information content (AvgIpc) is 2.40. The van der Waals surface area contributed by atoms with E-state index in [0.29, 0.717) is 6.54 Å². The molecular weight excluding hydrogens is 328 g/mol. The van der Waals surface area contributed by atoms with E-state index in [1.165, 1.54) is 6.07 Å². The summed E-state index contributed by atoms with van der Waals surface area (Å²) < 4.78 is 38.1. The molecule has 0 aromatic heterocycles. The Balaban J connectivity index is 0.00000220. The first-order valence-corrected chi connectivity index (χ1v) is 6.64. The van der Waals surface area contributed by atoms with Crippen LogP contribution in [-0.2, 0) is 11.0 Å². The topological polar surface area (TPSA) is 41.1 Å². The Morgan fingerprint density at radius 2 is 2.10 bits per heavy atom. The van der Waals surface area contributed by atoms with Crippen LogP contribution in [0.5, 0.6) is 0 Å². The van der Waals surface area contributed by atoms with Gasteiger partial charge in [-0.3, -0.25) is 4.79 Å². The maximum atomic E-state index is 12.7. The molecule has 0 aliphatic carbocycles. The number of hydrogen-bond donors (Lipinski definition) is 2. The quantitative estimate of drug-likeness (QED) is 0.859. The Morgan fingerprint density at radius 1 is 1.38 bits per heavy atom. The van der Waals surface area contributed by atoms with E-state index in [0.717, 1.165) is 31.5 Å². The number of rotatable bonds is 2. The van der Waals surface area contributed by atoms with Crippen LogP contribution >= 0.6 is 24.0 Å². The molecule has 0 radical (unpaired) electrons. The maximum absolute atomic E-state index is 12.7. The molecule has 1 atom stereocenters. The summed E-state index contributed by atoms with van der Waals surface area (Å²) in [7, 11) is 0. The summed E-state index contributed by atoms with van der Waals surface area (Å²) in [4.78, 5) is 11.9. The number of halogens is 5. The molecule has 0 bridgehead atoms. The molecule has 0 spiro atoms. The van der Waals surface area contributed by atoms with Crippen LogP contribution in [0.15, 0.2) is 18.2 Å². The van der Waals surface area contributed by atoms with Gasteiger partial charge >= 0.3 is 6.18 Å². The number of nitrogens with one attached hydrogen (secondary N) is 2. The minimum Gasteiger partial charge on any atom is -0.326 e. The molecule has 1 heterocycles. The van der Waals surface area contributed by atoms with E-state index in [4.69, 9.17) is 11.6 Å². The summed E-state index contributed by atoms with van der Waals surface area (Å²) in [5, 5.41) is 5.22. The number of carbonyl (C=O) groups excluding carboxylic acids is 1. The highest BCUT2D eigenvalue weighted by atomic mass is 35.5. The lowest BCUT2D eigenvalue weighted by Crippen LogP contribution is -2.37. The molecule has 118 valence electrons. The number of hydrogen-bond acceptors (Lipinski definition) is 2. The summed E-state index contributed by atoms with van der Waals surface area (Å²) in [6, 6.07) is 3.36. The number of anilines is 1. The molecule has 1 unspecified atom stereocenters. The zero-order chi connectivity index (χ0) is 14.8. The molecule has 1 aliphatic heterocycles. The van der Waals surface area contributed by atoms with Crippen molar-refractivity contribution in [2.45, 2.75) is 19.0 Å². The molecule has 1 aromatic rings. The Hall–Kier alpha value is -0.980. The summed E-state index contributed by atoms with van der Waals surface area (Å²) in [6.07, 6.45) is -2.92. The fourth-order valence-electron chi connectivity index (χ4n) is 2.14. The maximum Gasteiger partial charge on any atom is 0.417 e. The van der Waals surface area contributed by atoms with E-state index in [1.807, 2.05) is 0 Å². The third-order valence-corrected chi connectivity index (χ3v) is 3.54. The summed E-state index contributed by atoms with van der Waals surface area (Å²) in [6.45, 7) is 1.41. The first kappa shape index (κ1) is 18.1. The van der Waals surface area contributed by atoms with Gasteiger partial charge in [0, 0.05) is 12.2 Å². The van der Waals surface area contributed by atoms with Crippen molar-refractivity contribution in [2.24, 2.45) is 5.92 Å². The van der Waals surface area contributed by atoms with Crippen molar-refractivity contribution in [2.75, 3.05) is 18.4 Å². The zero-order valence-electron chi connectivity index (χ0n) is 11.0. The highest BCUT2D eigenvalue weighted by molar-refractivity contribution is 6.31. The van der Waals surface area contributed by atoms with Crippen LogP contribution in [0, 0.1) is 5.92 Å². The summed E-state index contributed by atoms with van der Waals surface area (Å²) in [5.41, 5.74) is -0.837. The molecule has 3 nitrogen and oxygen atoms in total. The van der Waals surface area contributed by atoms with Crippen molar-refractivity contribution in [1.82, 2.24) is 5.32 Å². The lowest BCUT2D eigenvalue weighted by molar-refractivity contribution is -0.137. The molecule has 1 aliphatic rings. The van der Waals surface area contributed by atoms with Crippen LogP contribution in [0.4, 0.5) is 18.9 Å². The minimum atomic E-state index is -4.54. The fourth-order valence-corrected chi connectivity index (χ4v) is 2.36. The number of piperidine rings is 1. The van der Waals surface area contributed by atoms with Gasteiger partial charge in [-0.05, 0) is 37.6 Å². The van der Waals surface area contributed by atoms with E-state index < -0.39 is 11.7 Å². The van der Waals surface area contributed by atoms with Gasteiger partial charge in [0.25, 0.3) is 0 Å². The van der Waals surface area contributed by atoms with Crippen LogP contribution in [-0.4, -0.2) is 19.0 Å². The van der Waals surface area contributed by atoms with E-state index in [1.54, 1.807) is 0 Å². The van der Waals surface area contributed by atoms with Crippen molar-refractivity contribution in [3.63, 3.8) is 0 Å². The minimum absolute atomic E-state index is 0. The number of carbonyl (C=O) groups is 1. The van der Waals surface area contributed by atoms with E-state index >= 15 is 0 Å². The summed E-state index contributed by atoms with van der Waals surface area (Å²) >= 11 is 5.52. The third-order valence-electron chi connectivity index (χ3n) is 3.21. The second-order valence-corrected chi connectivity index (χ2v) is 5.13. The Kier molecular flexibility index (Phi) is 6.31. The van der Waals surface area contributed by atoms with Gasteiger partial charge in [0.2, 0.25) is 5.91 Å². The van der Waals surface area contributed by atoms with Crippen molar-refractivity contribution in [3.8, 4) is 0 Å². The fraction of sp³-hybridized carbons (Fsp3) is 0.462. The Morgan fingerprint density at radius 3 is 2.67 bits per heavy atom. The van der Waals surface area contributed by atoms with Crippen LogP contribution < -0.4 is 10.6 Å². The molecule has 1 saturated heterocycles. The van der Waals surface area contributed by atoms with Crippen molar-refractivity contribution >= 4 is 35.6 Å². The first-order chi connectivity index (χ1) is 9.38. The van der Waals surface area contributed by atoms with E-state index in [-0.39, 0.29) is 34.9 Å². The number of amides is 1. The van der Waals surface area contributed by atoms with Gasteiger partial charge in [-0.2, -0.15) is 13.2 Å². The van der Waals surface area contributed by atoms with Gasteiger partial charge in [-0.1, -0.05) is 11.6 Å². The SMILES string of the molecule is Cl.O=C(Nc1ccc(Cl)c(C(F)(F)F)c1)C1CCCNC1. The Labute approximate surface area is 131 Å². The van der Waals surface area contributed by atoms with Gasteiger partial charge in [-0.25, -0.2) is 0 Å². The molecule has 1 amide bonds. The van der Waals surface area contributed by atoms with Gasteiger partial charge < -0.3 is 10.6 Å². The van der Waals surface area contributed by atoms with Crippen molar-refractivity contribution in [3.05, 3.63) is 28.8 Å². The molecule has 1 aromatic carbocycles. The molecule has 8 heteroatoms. The predicted molar refractivity (Wildman–Crippen MR) is 77.9 cm³/mol. The van der Waals surface area contributed by atoms with Crippen LogP contribution in [0.25, 0.3) is 0 Å². The molecule has 21 heavy (non-hydrogen) atoms. The predicted octanol–water partition coefficient (Wildman–Crippen LogP) is 3.72. The standard InChI is InChI=1S/C13H14ClF3N2O.ClH/c14-11-4-3-9(6-10(11)13(15,16)17)19-12(20)8-2-1-5-18-7-8;/h3-4,6,8,18H,1-2,5,7H2,(H,19,20);1H. The lowest BCUT2D eigenvalue weighted by atomic mass is 9.99. The Bertz CT molecular complexity index is 503. The average molecular weight is 343 g/mol. The smallest absolute Gasteiger partial charge is 0.326 e. The molecule has 0 saturated carbocycles. The largest absolute Gasteiger partial charge is 0.417 e. The zero-order valence-corrected chi connectivity index (χ0v) is 12.5. The molecular formula is C13H15Cl2F3N2O. The molecule has 1 fully saturated rings. The van der Waals surface area contributed by atoms with Crippen molar-refractivity contribution < 1.29 is 18.0 Å². The molecule has 2 rings (SSSR count). The number of alkyl halides is 3. The van der Waals surface area contributed by atoms with E-state index in [2.05, 4.69) is 10.6 Å². The van der Waals surface area contributed by atoms with Crippen molar-refractivity contribution in [1.29, 1.82) is 0 Å². The monoisotopic (exact) mass is 342 g/mol. The highest BCUT2D eigenvalue weighted by Crippen LogP contribution is 2.36. The highest BCUT2D eigenvalue weighted by Gasteiger charge is 2.33. The van der Waals surface area contributed by atoms with Crippen LogP contribution in [0.2, 0.25) is 5.02 Å². The third kappa shape index (κ3) is 4.76. The van der Waals surface area contributed by atoms with Gasteiger partial charge in [0.05, 0.1) is 16.5 Å². The van der Waals surface area contributed by atoms with Gasteiger partial charge in [0.15, 0.2) is 0 Å². The lowest BCUT2D eigenvalue weighted by Gasteiger charge is -2.22. The summed E-state index contributed by atoms with van der Waals surface area (Å²) in [5.74, 6) is -0.485. The normalized spacial score (nSPS) is 18.8. The number of benzene rings is 1. The second kappa shape index (κ2) is 7.33. The first-order valence-electron chi connectivity index (χ1n) is 6.26. The van der Waals surface area contributed by atoms with Crippen LogP contribution in [0.1, 0.15) is 18.4 Å². The van der Waals surface area contributed by atoms with E-state index in [9.17, 15) is 18.0 Å². The van der Waals surface area contributed by atoms with Crippen LogP contribution in [0.3, 0.4) is 0 Å². The van der Waals surface area contributed by atoms with Gasteiger partial charge in [-0.15, -0.1) is 12.4 Å². The van der Waals surface area contributed by atoms with Gasteiger partial charge in [0.1, 0.15) is 0 Å². The molecule has 2 N–H and O–H groups in total.